The van der Waals surface area contributed by atoms with Crippen LogP contribution in [0.3, 0.4) is 0 Å². The van der Waals surface area contributed by atoms with Crippen LogP contribution in [-0.2, 0) is 24.1 Å². The molecule has 0 saturated heterocycles. The number of carboxylic acid groups (broad SMARTS) is 1. The summed E-state index contributed by atoms with van der Waals surface area (Å²) in [5.41, 5.74) is 3.25. The summed E-state index contributed by atoms with van der Waals surface area (Å²) in [5.74, 6) is -0.766. The third-order valence-electron chi connectivity index (χ3n) is 2.79. The molecule has 0 aliphatic heterocycles. The highest BCUT2D eigenvalue weighted by Gasteiger charge is 2.15. The van der Waals surface area contributed by atoms with E-state index in [4.69, 9.17) is 5.11 Å². The third-order valence-corrected chi connectivity index (χ3v) is 2.79. The van der Waals surface area contributed by atoms with Crippen LogP contribution in [0.15, 0.2) is 6.33 Å². The van der Waals surface area contributed by atoms with Gasteiger partial charge in [0.15, 0.2) is 0 Å². The molecular formula is C11H14N2O2. The fourth-order valence-electron chi connectivity index (χ4n) is 2.03. The van der Waals surface area contributed by atoms with Gasteiger partial charge in [0.25, 0.3) is 0 Å². The predicted octanol–water partition coefficient (Wildman–Crippen LogP) is 1.37. The monoisotopic (exact) mass is 206 g/mol. The Hall–Kier alpha value is -1.45. The highest BCUT2D eigenvalue weighted by molar-refractivity contribution is 5.67. The summed E-state index contributed by atoms with van der Waals surface area (Å²) in [5, 5.41) is 8.64. The number of aromatic nitrogens is 2. The fraction of sp³-hybridized carbons (Fsp3) is 0.545. The van der Waals surface area contributed by atoms with Gasteiger partial charge < -0.3 is 5.11 Å². The van der Waals surface area contributed by atoms with Gasteiger partial charge in [-0.05, 0) is 31.2 Å². The van der Waals surface area contributed by atoms with Crippen molar-refractivity contribution in [2.24, 2.45) is 0 Å². The van der Waals surface area contributed by atoms with E-state index in [0.29, 0.717) is 6.42 Å². The molecule has 1 aliphatic carbocycles. The van der Waals surface area contributed by atoms with Crippen molar-refractivity contribution >= 4 is 5.97 Å². The Bertz CT molecular complexity index is 377. The summed E-state index contributed by atoms with van der Waals surface area (Å²) in [6.07, 6.45) is 6.61. The predicted molar refractivity (Wildman–Crippen MR) is 54.6 cm³/mol. The highest BCUT2D eigenvalue weighted by Crippen LogP contribution is 2.21. The fourth-order valence-corrected chi connectivity index (χ4v) is 2.03. The summed E-state index contributed by atoms with van der Waals surface area (Å²) >= 11 is 0. The molecule has 1 aliphatic rings. The quantitative estimate of drug-likeness (QED) is 0.811. The minimum atomic E-state index is -0.766. The first-order valence-corrected chi connectivity index (χ1v) is 5.31. The van der Waals surface area contributed by atoms with Gasteiger partial charge in [-0.1, -0.05) is 0 Å². The first-order valence-electron chi connectivity index (χ1n) is 5.31. The largest absolute Gasteiger partial charge is 0.481 e. The Morgan fingerprint density at radius 3 is 2.93 bits per heavy atom. The van der Waals surface area contributed by atoms with Crippen molar-refractivity contribution in [2.75, 3.05) is 0 Å². The molecule has 1 aromatic rings. The van der Waals surface area contributed by atoms with Crippen LogP contribution in [0.1, 0.15) is 36.2 Å². The molecule has 2 rings (SSSR count). The number of aryl methyl sites for hydroxylation is 2. The zero-order chi connectivity index (χ0) is 10.7. The molecule has 0 atom stereocenters. The van der Waals surface area contributed by atoms with Crippen molar-refractivity contribution in [1.29, 1.82) is 0 Å². The lowest BCUT2D eigenvalue weighted by Gasteiger charge is -2.16. The van der Waals surface area contributed by atoms with Gasteiger partial charge in [0, 0.05) is 17.8 Å². The number of hydrogen-bond acceptors (Lipinski definition) is 3. The van der Waals surface area contributed by atoms with Crippen molar-refractivity contribution in [2.45, 2.75) is 38.5 Å². The van der Waals surface area contributed by atoms with Gasteiger partial charge in [-0.25, -0.2) is 9.97 Å². The molecule has 1 aromatic heterocycles. The zero-order valence-electron chi connectivity index (χ0n) is 8.57. The van der Waals surface area contributed by atoms with E-state index in [1.807, 2.05) is 0 Å². The number of carbonyl (C=O) groups is 1. The molecule has 0 bridgehead atoms. The molecule has 0 fully saturated rings. The Labute approximate surface area is 88.4 Å². The van der Waals surface area contributed by atoms with E-state index in [0.717, 1.165) is 24.2 Å². The van der Waals surface area contributed by atoms with E-state index in [1.54, 1.807) is 6.33 Å². The van der Waals surface area contributed by atoms with Crippen molar-refractivity contribution < 1.29 is 9.90 Å². The molecule has 15 heavy (non-hydrogen) atoms. The van der Waals surface area contributed by atoms with Crippen LogP contribution in [-0.4, -0.2) is 21.0 Å². The molecule has 80 valence electrons. The Kier molecular flexibility index (Phi) is 2.94. The van der Waals surface area contributed by atoms with Gasteiger partial charge in [-0.2, -0.15) is 0 Å². The number of aliphatic carboxylic acids is 1. The van der Waals surface area contributed by atoms with E-state index in [2.05, 4.69) is 9.97 Å². The topological polar surface area (TPSA) is 63.1 Å². The SMILES string of the molecule is O=C(O)CCc1ncnc2c1CCCC2. The first kappa shape index (κ1) is 10.1. The third kappa shape index (κ3) is 2.32. The molecule has 4 heteroatoms. The van der Waals surface area contributed by atoms with E-state index in [1.165, 1.54) is 18.4 Å². The van der Waals surface area contributed by atoms with Crippen molar-refractivity contribution in [1.82, 2.24) is 9.97 Å². The molecule has 1 N–H and O–H groups in total. The van der Waals surface area contributed by atoms with Crippen LogP contribution in [0.4, 0.5) is 0 Å². The molecule has 0 aromatic carbocycles. The maximum absolute atomic E-state index is 10.5. The van der Waals surface area contributed by atoms with E-state index in [-0.39, 0.29) is 6.42 Å². The minimum Gasteiger partial charge on any atom is -0.481 e. The maximum atomic E-state index is 10.5. The van der Waals surface area contributed by atoms with E-state index < -0.39 is 5.97 Å². The Morgan fingerprint density at radius 1 is 1.33 bits per heavy atom. The lowest BCUT2D eigenvalue weighted by Crippen LogP contribution is -2.11. The second kappa shape index (κ2) is 4.38. The molecule has 0 saturated carbocycles. The standard InChI is InChI=1S/C11H14N2O2/c14-11(15)6-5-10-8-3-1-2-4-9(8)12-7-13-10/h7H,1-6H2,(H,14,15). The van der Waals surface area contributed by atoms with Crippen molar-refractivity contribution in [3.63, 3.8) is 0 Å². The number of rotatable bonds is 3. The molecule has 1 heterocycles. The molecule has 0 unspecified atom stereocenters. The molecule has 0 amide bonds. The summed E-state index contributed by atoms with van der Waals surface area (Å²) in [7, 11) is 0. The number of hydrogen-bond donors (Lipinski definition) is 1. The second-order valence-corrected chi connectivity index (χ2v) is 3.85. The maximum Gasteiger partial charge on any atom is 0.303 e. The summed E-state index contributed by atoms with van der Waals surface area (Å²) in [6, 6.07) is 0. The van der Waals surface area contributed by atoms with Crippen LogP contribution in [0, 0.1) is 0 Å². The molecule has 0 radical (unpaired) electrons. The van der Waals surface area contributed by atoms with Gasteiger partial charge in [0.05, 0.1) is 6.42 Å². The molecule has 0 spiro atoms. The van der Waals surface area contributed by atoms with Gasteiger partial charge in [0.1, 0.15) is 6.33 Å². The van der Waals surface area contributed by atoms with E-state index >= 15 is 0 Å². The van der Waals surface area contributed by atoms with Crippen LogP contribution < -0.4 is 0 Å². The highest BCUT2D eigenvalue weighted by atomic mass is 16.4. The van der Waals surface area contributed by atoms with Gasteiger partial charge in [0.2, 0.25) is 0 Å². The minimum absolute atomic E-state index is 0.156. The Morgan fingerprint density at radius 2 is 2.13 bits per heavy atom. The molecular weight excluding hydrogens is 192 g/mol. The summed E-state index contributed by atoms with van der Waals surface area (Å²) in [4.78, 5) is 18.9. The van der Waals surface area contributed by atoms with Gasteiger partial charge in [-0.15, -0.1) is 0 Å². The number of nitrogens with zero attached hydrogens (tertiary/aromatic N) is 2. The van der Waals surface area contributed by atoms with Crippen LogP contribution in [0.2, 0.25) is 0 Å². The van der Waals surface area contributed by atoms with Crippen molar-refractivity contribution in [3.8, 4) is 0 Å². The summed E-state index contributed by atoms with van der Waals surface area (Å²) < 4.78 is 0. The smallest absolute Gasteiger partial charge is 0.303 e. The second-order valence-electron chi connectivity index (χ2n) is 3.85. The van der Waals surface area contributed by atoms with Crippen molar-refractivity contribution in [3.05, 3.63) is 23.3 Å². The van der Waals surface area contributed by atoms with Gasteiger partial charge in [-0.3, -0.25) is 4.79 Å². The number of carboxylic acids is 1. The summed E-state index contributed by atoms with van der Waals surface area (Å²) in [6.45, 7) is 0. The Balaban J connectivity index is 2.19. The van der Waals surface area contributed by atoms with Crippen LogP contribution in [0.25, 0.3) is 0 Å². The average Bonchev–Trinajstić information content (AvgIpc) is 2.26. The lowest BCUT2D eigenvalue weighted by atomic mass is 9.93. The average molecular weight is 206 g/mol. The zero-order valence-corrected chi connectivity index (χ0v) is 8.57. The van der Waals surface area contributed by atoms with Crippen LogP contribution in [0.5, 0.6) is 0 Å². The lowest BCUT2D eigenvalue weighted by molar-refractivity contribution is -0.136. The van der Waals surface area contributed by atoms with E-state index in [9.17, 15) is 4.79 Å². The van der Waals surface area contributed by atoms with Crippen LogP contribution >= 0.6 is 0 Å². The normalized spacial score (nSPS) is 14.7. The first-order chi connectivity index (χ1) is 7.27. The molecule has 4 nitrogen and oxygen atoms in total. The van der Waals surface area contributed by atoms with Gasteiger partial charge >= 0.3 is 5.97 Å². The number of fused-ring (bicyclic) bond motifs is 1.